The summed E-state index contributed by atoms with van der Waals surface area (Å²) in [5.74, 6) is 0.906. The summed E-state index contributed by atoms with van der Waals surface area (Å²) < 4.78 is 3.59. The molecule has 0 aromatic carbocycles. The molecule has 2 heterocycles. The minimum absolute atomic E-state index is 0.671. The van der Waals surface area contributed by atoms with Gasteiger partial charge in [-0.3, -0.25) is 9.36 Å². The maximum absolute atomic E-state index is 4.26. The van der Waals surface area contributed by atoms with Gasteiger partial charge in [0, 0.05) is 13.2 Å². The maximum atomic E-state index is 4.26. The van der Waals surface area contributed by atoms with E-state index in [0.717, 1.165) is 11.5 Å². The van der Waals surface area contributed by atoms with Gasteiger partial charge in [-0.1, -0.05) is 0 Å². The Hall–Kier alpha value is -1.65. The summed E-state index contributed by atoms with van der Waals surface area (Å²) in [7, 11) is 1.87. The summed E-state index contributed by atoms with van der Waals surface area (Å²) in [6.45, 7) is 2.64. The Bertz CT molecular complexity index is 400. The average molecular weight is 177 g/mol. The van der Waals surface area contributed by atoms with Gasteiger partial charge in [-0.05, 0) is 13.0 Å². The number of aromatic nitrogens is 5. The van der Waals surface area contributed by atoms with Crippen LogP contribution in [0.4, 0.5) is 0 Å². The first-order chi connectivity index (χ1) is 6.25. The lowest BCUT2D eigenvalue weighted by Gasteiger charge is -1.99. The Labute approximate surface area is 76.0 Å². The molecule has 0 aliphatic heterocycles. The van der Waals surface area contributed by atoms with Crippen LogP contribution < -0.4 is 0 Å². The molecule has 0 saturated heterocycles. The van der Waals surface area contributed by atoms with E-state index in [1.54, 1.807) is 11.0 Å². The van der Waals surface area contributed by atoms with E-state index in [4.69, 9.17) is 0 Å². The van der Waals surface area contributed by atoms with Crippen molar-refractivity contribution in [2.45, 2.75) is 13.5 Å². The quantitative estimate of drug-likeness (QED) is 0.665. The summed E-state index contributed by atoms with van der Waals surface area (Å²) in [6.07, 6.45) is 3.48. The van der Waals surface area contributed by atoms with E-state index in [2.05, 4.69) is 15.2 Å². The average Bonchev–Trinajstić information content (AvgIpc) is 2.64. The maximum Gasteiger partial charge on any atom is 0.148 e. The third-order valence-electron chi connectivity index (χ3n) is 1.88. The summed E-state index contributed by atoms with van der Waals surface area (Å²) in [5.41, 5.74) is 1.02. The molecular formula is C8H11N5. The van der Waals surface area contributed by atoms with Gasteiger partial charge in [0.25, 0.3) is 0 Å². The lowest BCUT2D eigenvalue weighted by Crippen LogP contribution is -2.07. The van der Waals surface area contributed by atoms with Gasteiger partial charge in [0.2, 0.25) is 0 Å². The predicted molar refractivity (Wildman–Crippen MR) is 47.1 cm³/mol. The molecule has 13 heavy (non-hydrogen) atoms. The SMILES string of the molecule is Cc1ccn(Cc2ncnn2C)n1. The molecule has 0 N–H and O–H groups in total. The lowest BCUT2D eigenvalue weighted by atomic mass is 10.5. The molecule has 0 radical (unpaired) electrons. The standard InChI is InChI=1S/C8H11N5/c1-7-3-4-13(11-7)5-8-9-6-10-12(8)2/h3-4,6H,5H2,1-2H3. The molecule has 0 unspecified atom stereocenters. The van der Waals surface area contributed by atoms with Crippen LogP contribution in [0.2, 0.25) is 0 Å². The van der Waals surface area contributed by atoms with Gasteiger partial charge in [0.05, 0.1) is 5.69 Å². The molecule has 2 rings (SSSR count). The molecule has 2 aromatic rings. The van der Waals surface area contributed by atoms with Crippen molar-refractivity contribution in [3.8, 4) is 0 Å². The summed E-state index contributed by atoms with van der Waals surface area (Å²) in [4.78, 5) is 4.11. The van der Waals surface area contributed by atoms with Crippen molar-refractivity contribution in [3.63, 3.8) is 0 Å². The van der Waals surface area contributed by atoms with Crippen LogP contribution in [0.5, 0.6) is 0 Å². The highest BCUT2D eigenvalue weighted by Gasteiger charge is 2.01. The topological polar surface area (TPSA) is 48.5 Å². The molecule has 0 aliphatic carbocycles. The Morgan fingerprint density at radius 1 is 1.46 bits per heavy atom. The van der Waals surface area contributed by atoms with Crippen molar-refractivity contribution in [1.29, 1.82) is 0 Å². The smallest absolute Gasteiger partial charge is 0.148 e. The van der Waals surface area contributed by atoms with E-state index in [1.807, 2.05) is 30.9 Å². The fourth-order valence-corrected chi connectivity index (χ4v) is 1.16. The minimum atomic E-state index is 0.671. The first-order valence-electron chi connectivity index (χ1n) is 4.08. The first-order valence-corrected chi connectivity index (χ1v) is 4.08. The van der Waals surface area contributed by atoms with Crippen molar-refractivity contribution in [3.05, 3.63) is 30.1 Å². The van der Waals surface area contributed by atoms with Gasteiger partial charge < -0.3 is 0 Å². The van der Waals surface area contributed by atoms with Gasteiger partial charge in [-0.15, -0.1) is 0 Å². The minimum Gasteiger partial charge on any atom is -0.265 e. The molecule has 0 fully saturated rings. The van der Waals surface area contributed by atoms with Crippen molar-refractivity contribution in [2.75, 3.05) is 0 Å². The van der Waals surface area contributed by atoms with E-state index in [1.165, 1.54) is 0 Å². The molecule has 0 atom stereocenters. The number of rotatable bonds is 2. The Morgan fingerprint density at radius 3 is 2.85 bits per heavy atom. The summed E-state index contributed by atoms with van der Waals surface area (Å²) in [5, 5.41) is 8.25. The second-order valence-electron chi connectivity index (χ2n) is 2.95. The number of hydrogen-bond acceptors (Lipinski definition) is 3. The zero-order chi connectivity index (χ0) is 9.26. The highest BCUT2D eigenvalue weighted by Crippen LogP contribution is 1.97. The zero-order valence-electron chi connectivity index (χ0n) is 7.68. The van der Waals surface area contributed by atoms with Crippen LogP contribution in [0, 0.1) is 6.92 Å². The third-order valence-corrected chi connectivity index (χ3v) is 1.88. The van der Waals surface area contributed by atoms with Gasteiger partial charge in [-0.25, -0.2) is 4.98 Å². The Kier molecular flexibility index (Phi) is 1.84. The molecule has 0 saturated carbocycles. The molecule has 5 heteroatoms. The second kappa shape index (κ2) is 3.01. The van der Waals surface area contributed by atoms with Crippen LogP contribution in [-0.2, 0) is 13.6 Å². The van der Waals surface area contributed by atoms with Crippen LogP contribution in [0.1, 0.15) is 11.5 Å². The molecule has 5 nitrogen and oxygen atoms in total. The van der Waals surface area contributed by atoms with Crippen LogP contribution in [0.3, 0.4) is 0 Å². The monoisotopic (exact) mass is 177 g/mol. The number of nitrogens with zero attached hydrogens (tertiary/aromatic N) is 5. The van der Waals surface area contributed by atoms with E-state index in [9.17, 15) is 0 Å². The Morgan fingerprint density at radius 2 is 2.31 bits per heavy atom. The number of aryl methyl sites for hydroxylation is 2. The lowest BCUT2D eigenvalue weighted by molar-refractivity contribution is 0.604. The normalized spacial score (nSPS) is 10.6. The van der Waals surface area contributed by atoms with Crippen molar-refractivity contribution in [2.24, 2.45) is 7.05 Å². The summed E-state index contributed by atoms with van der Waals surface area (Å²) >= 11 is 0. The van der Waals surface area contributed by atoms with Crippen molar-refractivity contribution < 1.29 is 0 Å². The van der Waals surface area contributed by atoms with Crippen molar-refractivity contribution in [1.82, 2.24) is 24.5 Å². The molecule has 0 amide bonds. The summed E-state index contributed by atoms with van der Waals surface area (Å²) in [6, 6.07) is 1.97. The first kappa shape index (κ1) is 7.97. The Balaban J connectivity index is 2.19. The largest absolute Gasteiger partial charge is 0.265 e. The van der Waals surface area contributed by atoms with E-state index in [-0.39, 0.29) is 0 Å². The second-order valence-corrected chi connectivity index (χ2v) is 2.95. The van der Waals surface area contributed by atoms with Crippen LogP contribution in [0.25, 0.3) is 0 Å². The highest BCUT2D eigenvalue weighted by atomic mass is 15.4. The van der Waals surface area contributed by atoms with E-state index in [0.29, 0.717) is 6.54 Å². The van der Waals surface area contributed by atoms with E-state index >= 15 is 0 Å². The van der Waals surface area contributed by atoms with E-state index < -0.39 is 0 Å². The van der Waals surface area contributed by atoms with Crippen LogP contribution in [-0.4, -0.2) is 24.5 Å². The van der Waals surface area contributed by atoms with Crippen LogP contribution in [0.15, 0.2) is 18.6 Å². The van der Waals surface area contributed by atoms with Gasteiger partial charge >= 0.3 is 0 Å². The molecule has 0 aliphatic rings. The molecular weight excluding hydrogens is 166 g/mol. The molecule has 68 valence electrons. The predicted octanol–water partition coefficient (Wildman–Crippen LogP) is 0.368. The van der Waals surface area contributed by atoms with Gasteiger partial charge in [-0.2, -0.15) is 10.2 Å². The molecule has 2 aromatic heterocycles. The fraction of sp³-hybridized carbons (Fsp3) is 0.375. The van der Waals surface area contributed by atoms with Gasteiger partial charge in [0.15, 0.2) is 0 Å². The van der Waals surface area contributed by atoms with Crippen LogP contribution >= 0.6 is 0 Å². The highest BCUT2D eigenvalue weighted by molar-refractivity contribution is 4.96. The fourth-order valence-electron chi connectivity index (χ4n) is 1.16. The molecule has 0 spiro atoms. The van der Waals surface area contributed by atoms with Crippen molar-refractivity contribution >= 4 is 0 Å². The zero-order valence-corrected chi connectivity index (χ0v) is 7.68. The number of hydrogen-bond donors (Lipinski definition) is 0. The van der Waals surface area contributed by atoms with Gasteiger partial charge in [0.1, 0.15) is 18.7 Å². The third kappa shape index (κ3) is 1.58. The molecule has 0 bridgehead atoms.